The molecule has 0 saturated carbocycles. The first-order valence-corrected chi connectivity index (χ1v) is 6.09. The Kier molecular flexibility index (Phi) is 2.79. The summed E-state index contributed by atoms with van der Waals surface area (Å²) in [6.45, 7) is 1.33. The molecule has 1 aromatic carbocycles. The van der Waals surface area contributed by atoms with Gasteiger partial charge in [-0.15, -0.1) is 0 Å². The number of nitrogens with two attached hydrogens (primary N) is 1. The molecule has 3 rings (SSSR count). The number of carbonyl (C=O) groups is 1. The molecule has 0 radical (unpaired) electrons. The second-order valence-electron chi connectivity index (χ2n) is 4.33. The van der Waals surface area contributed by atoms with Gasteiger partial charge in [-0.1, -0.05) is 0 Å². The highest BCUT2D eigenvalue weighted by Gasteiger charge is 2.23. The molecule has 4 N–H and O–H groups in total. The van der Waals surface area contributed by atoms with Gasteiger partial charge < -0.3 is 25.3 Å². The highest BCUT2D eigenvalue weighted by atomic mass is 16.6. The smallest absolute Gasteiger partial charge is 0.352 e. The second kappa shape index (κ2) is 4.47. The fourth-order valence-electron chi connectivity index (χ4n) is 2.43. The third-order valence-corrected chi connectivity index (χ3v) is 3.18. The van der Waals surface area contributed by atoms with Crippen LogP contribution in [0.25, 0.3) is 10.9 Å². The molecular weight excluding hydrogens is 248 g/mol. The van der Waals surface area contributed by atoms with Crippen molar-refractivity contribution in [3.63, 3.8) is 0 Å². The number of aromatic amines is 1. The Morgan fingerprint density at radius 1 is 1.37 bits per heavy atom. The first-order valence-electron chi connectivity index (χ1n) is 6.09. The minimum Gasteiger partial charge on any atom is -0.486 e. The lowest BCUT2D eigenvalue weighted by Gasteiger charge is -2.19. The van der Waals surface area contributed by atoms with Gasteiger partial charge in [0.15, 0.2) is 11.5 Å². The van der Waals surface area contributed by atoms with Gasteiger partial charge in [-0.3, -0.25) is 0 Å². The number of fused-ring (bicyclic) bond motifs is 3. The van der Waals surface area contributed by atoms with Crippen LogP contribution in [-0.4, -0.2) is 35.8 Å². The lowest BCUT2D eigenvalue weighted by molar-refractivity contribution is 0.0690. The number of rotatable bonds is 3. The molecule has 0 amide bonds. The number of benzene rings is 1. The van der Waals surface area contributed by atoms with Crippen LogP contribution < -0.4 is 15.2 Å². The lowest BCUT2D eigenvalue weighted by Crippen LogP contribution is -2.15. The van der Waals surface area contributed by atoms with Crippen LogP contribution in [0.3, 0.4) is 0 Å². The van der Waals surface area contributed by atoms with Crippen LogP contribution >= 0.6 is 0 Å². The van der Waals surface area contributed by atoms with Crippen molar-refractivity contribution in [3.05, 3.63) is 23.4 Å². The monoisotopic (exact) mass is 262 g/mol. The van der Waals surface area contributed by atoms with Gasteiger partial charge >= 0.3 is 5.97 Å². The molecule has 19 heavy (non-hydrogen) atoms. The first kappa shape index (κ1) is 11.9. The molecule has 0 fully saturated rings. The summed E-state index contributed by atoms with van der Waals surface area (Å²) in [5, 5.41) is 10.0. The quantitative estimate of drug-likeness (QED) is 0.770. The van der Waals surface area contributed by atoms with E-state index in [1.54, 1.807) is 12.1 Å². The van der Waals surface area contributed by atoms with Crippen LogP contribution in [0, 0.1) is 0 Å². The van der Waals surface area contributed by atoms with E-state index >= 15 is 0 Å². The van der Waals surface area contributed by atoms with Gasteiger partial charge in [0.2, 0.25) is 0 Å². The molecule has 1 aliphatic heterocycles. The molecule has 6 heteroatoms. The molecule has 0 unspecified atom stereocenters. The number of H-pyrrole nitrogens is 1. The van der Waals surface area contributed by atoms with Crippen molar-refractivity contribution < 1.29 is 19.4 Å². The number of aromatic carboxylic acids is 1. The van der Waals surface area contributed by atoms with Crippen molar-refractivity contribution in [2.45, 2.75) is 6.42 Å². The molecule has 1 aliphatic rings. The molecule has 6 nitrogen and oxygen atoms in total. The molecular formula is C13H14N2O4. The summed E-state index contributed by atoms with van der Waals surface area (Å²) < 4.78 is 11.2. The Morgan fingerprint density at radius 3 is 2.89 bits per heavy atom. The van der Waals surface area contributed by atoms with Crippen LogP contribution in [0.5, 0.6) is 11.5 Å². The van der Waals surface area contributed by atoms with Crippen LogP contribution in [0.4, 0.5) is 0 Å². The zero-order valence-electron chi connectivity index (χ0n) is 10.2. The molecule has 0 saturated heterocycles. The second-order valence-corrected chi connectivity index (χ2v) is 4.33. The number of aromatic nitrogens is 1. The predicted octanol–water partition coefficient (Wildman–Crippen LogP) is 1.14. The van der Waals surface area contributed by atoms with E-state index in [-0.39, 0.29) is 5.69 Å². The number of hydrogen-bond acceptors (Lipinski definition) is 4. The average molecular weight is 262 g/mol. The molecule has 0 bridgehead atoms. The summed E-state index contributed by atoms with van der Waals surface area (Å²) in [4.78, 5) is 14.2. The lowest BCUT2D eigenvalue weighted by atomic mass is 10.1. The number of carboxylic acid groups (broad SMARTS) is 1. The maximum atomic E-state index is 11.3. The number of nitrogens with one attached hydrogen (secondary N) is 1. The van der Waals surface area contributed by atoms with Gasteiger partial charge in [0, 0.05) is 5.39 Å². The molecule has 0 spiro atoms. The summed E-state index contributed by atoms with van der Waals surface area (Å²) >= 11 is 0. The third kappa shape index (κ3) is 1.80. The predicted molar refractivity (Wildman–Crippen MR) is 69.0 cm³/mol. The van der Waals surface area contributed by atoms with E-state index in [2.05, 4.69) is 4.98 Å². The van der Waals surface area contributed by atoms with E-state index in [4.69, 9.17) is 15.2 Å². The van der Waals surface area contributed by atoms with E-state index in [1.165, 1.54) is 0 Å². The Bertz CT molecular complexity index is 648. The Balaban J connectivity index is 2.31. The number of ether oxygens (including phenoxy) is 2. The normalized spacial score (nSPS) is 13.7. The van der Waals surface area contributed by atoms with E-state index in [0.29, 0.717) is 43.2 Å². The van der Waals surface area contributed by atoms with E-state index in [1.807, 2.05) is 0 Å². The third-order valence-electron chi connectivity index (χ3n) is 3.18. The van der Waals surface area contributed by atoms with Crippen LogP contribution in [0.15, 0.2) is 12.1 Å². The molecule has 0 aliphatic carbocycles. The minimum atomic E-state index is -0.995. The summed E-state index contributed by atoms with van der Waals surface area (Å²) in [5.41, 5.74) is 7.15. The zero-order chi connectivity index (χ0) is 13.4. The molecule has 0 atom stereocenters. The van der Waals surface area contributed by atoms with Gasteiger partial charge in [-0.25, -0.2) is 4.79 Å². The Morgan fingerprint density at radius 2 is 2.16 bits per heavy atom. The Labute approximate surface area is 109 Å². The zero-order valence-corrected chi connectivity index (χ0v) is 10.2. The van der Waals surface area contributed by atoms with Crippen molar-refractivity contribution in [2.24, 2.45) is 5.73 Å². The summed E-state index contributed by atoms with van der Waals surface area (Å²) in [5.74, 6) is 0.258. The summed E-state index contributed by atoms with van der Waals surface area (Å²) in [7, 11) is 0. The van der Waals surface area contributed by atoms with Crippen molar-refractivity contribution >= 4 is 16.9 Å². The molecule has 2 aromatic rings. The average Bonchev–Trinajstić information content (AvgIpc) is 2.79. The highest BCUT2D eigenvalue weighted by Crippen LogP contribution is 2.40. The van der Waals surface area contributed by atoms with E-state index in [9.17, 15) is 9.90 Å². The van der Waals surface area contributed by atoms with Crippen molar-refractivity contribution in [2.75, 3.05) is 19.8 Å². The largest absolute Gasteiger partial charge is 0.486 e. The maximum Gasteiger partial charge on any atom is 0.352 e. The first-order chi connectivity index (χ1) is 9.22. The molecule has 100 valence electrons. The molecule has 2 heterocycles. The fraction of sp³-hybridized carbons (Fsp3) is 0.308. The van der Waals surface area contributed by atoms with Gasteiger partial charge in [0.1, 0.15) is 18.9 Å². The van der Waals surface area contributed by atoms with Crippen molar-refractivity contribution in [1.29, 1.82) is 0 Å². The maximum absolute atomic E-state index is 11.3. The molecule has 1 aromatic heterocycles. The number of hydrogen-bond donors (Lipinski definition) is 3. The van der Waals surface area contributed by atoms with Gasteiger partial charge in [-0.2, -0.15) is 0 Å². The van der Waals surface area contributed by atoms with Gasteiger partial charge in [0.25, 0.3) is 0 Å². The minimum absolute atomic E-state index is 0.169. The standard InChI is InChI=1S/C13H14N2O4/c14-4-3-7-10-8(15-11(7)13(16)17)1-2-9-12(10)19-6-5-18-9/h1-2,15H,3-6,14H2,(H,16,17). The van der Waals surface area contributed by atoms with Gasteiger partial charge in [-0.05, 0) is 30.7 Å². The highest BCUT2D eigenvalue weighted by molar-refractivity contribution is 6.01. The van der Waals surface area contributed by atoms with Crippen LogP contribution in [-0.2, 0) is 6.42 Å². The SMILES string of the molecule is NCCc1c(C(=O)O)[nH]c2ccc3c(c12)OCCO3. The van der Waals surface area contributed by atoms with Gasteiger partial charge in [0.05, 0.1) is 5.52 Å². The van der Waals surface area contributed by atoms with Crippen LogP contribution in [0.1, 0.15) is 16.1 Å². The van der Waals surface area contributed by atoms with Crippen molar-refractivity contribution in [1.82, 2.24) is 4.98 Å². The summed E-state index contributed by atoms with van der Waals surface area (Å²) in [6, 6.07) is 3.58. The number of carboxylic acids is 1. The summed E-state index contributed by atoms with van der Waals surface area (Å²) in [6.07, 6.45) is 0.474. The van der Waals surface area contributed by atoms with Crippen LogP contribution in [0.2, 0.25) is 0 Å². The fourth-order valence-corrected chi connectivity index (χ4v) is 2.43. The van der Waals surface area contributed by atoms with E-state index in [0.717, 1.165) is 10.9 Å². The van der Waals surface area contributed by atoms with E-state index < -0.39 is 5.97 Å². The Hall–Kier alpha value is -2.21. The van der Waals surface area contributed by atoms with Crippen molar-refractivity contribution in [3.8, 4) is 11.5 Å². The topological polar surface area (TPSA) is 97.6 Å².